The third-order valence-corrected chi connectivity index (χ3v) is 4.58. The van der Waals surface area contributed by atoms with Crippen molar-refractivity contribution in [2.45, 2.75) is 6.10 Å². The Hall–Kier alpha value is -2.51. The summed E-state index contributed by atoms with van der Waals surface area (Å²) in [5.41, 5.74) is 0.605. The Labute approximate surface area is 145 Å². The maximum Gasteiger partial charge on any atom is 0.254 e. The van der Waals surface area contributed by atoms with E-state index in [1.165, 1.54) is 0 Å². The Bertz CT molecular complexity index is 738. The van der Waals surface area contributed by atoms with Gasteiger partial charge in [-0.2, -0.15) is 0 Å². The highest BCUT2D eigenvalue weighted by atomic mass is 16.7. The van der Waals surface area contributed by atoms with Gasteiger partial charge in [0, 0.05) is 38.3 Å². The minimum absolute atomic E-state index is 0.00969. The molecule has 1 saturated heterocycles. The zero-order valence-electron chi connectivity index (χ0n) is 13.8. The largest absolute Gasteiger partial charge is 0.467 e. The van der Waals surface area contributed by atoms with Gasteiger partial charge in [0.25, 0.3) is 5.91 Å². The van der Waals surface area contributed by atoms with Gasteiger partial charge >= 0.3 is 0 Å². The molecule has 1 aromatic carbocycles. The lowest BCUT2D eigenvalue weighted by Gasteiger charge is -2.35. The van der Waals surface area contributed by atoms with E-state index in [9.17, 15) is 9.90 Å². The molecule has 7 heteroatoms. The van der Waals surface area contributed by atoms with E-state index in [0.717, 1.165) is 0 Å². The Morgan fingerprint density at radius 2 is 1.92 bits per heavy atom. The van der Waals surface area contributed by atoms with Crippen LogP contribution in [0, 0.1) is 0 Å². The summed E-state index contributed by atoms with van der Waals surface area (Å²) in [5, 5.41) is 10.2. The monoisotopic (exact) mass is 344 g/mol. The van der Waals surface area contributed by atoms with Gasteiger partial charge in [-0.05, 0) is 30.3 Å². The Morgan fingerprint density at radius 3 is 2.68 bits per heavy atom. The van der Waals surface area contributed by atoms with Crippen LogP contribution in [0.15, 0.2) is 41.0 Å². The minimum Gasteiger partial charge on any atom is -0.467 e. The highest BCUT2D eigenvalue weighted by Crippen LogP contribution is 2.32. The number of carbonyl (C=O) groups is 1. The van der Waals surface area contributed by atoms with Crippen LogP contribution in [-0.4, -0.2) is 60.3 Å². The highest BCUT2D eigenvalue weighted by Gasteiger charge is 2.25. The zero-order valence-corrected chi connectivity index (χ0v) is 13.8. The van der Waals surface area contributed by atoms with Gasteiger partial charge in [0.15, 0.2) is 11.5 Å². The second-order valence-corrected chi connectivity index (χ2v) is 6.19. The number of carbonyl (C=O) groups excluding carboxylic acids is 1. The Balaban J connectivity index is 1.33. The van der Waals surface area contributed by atoms with Crippen LogP contribution in [0.3, 0.4) is 0 Å². The molecule has 25 heavy (non-hydrogen) atoms. The summed E-state index contributed by atoms with van der Waals surface area (Å²) < 4.78 is 15.8. The molecular weight excluding hydrogens is 324 g/mol. The van der Waals surface area contributed by atoms with E-state index in [1.54, 1.807) is 36.6 Å². The second kappa shape index (κ2) is 6.78. The predicted molar refractivity (Wildman–Crippen MR) is 88.6 cm³/mol. The first-order valence-corrected chi connectivity index (χ1v) is 8.33. The summed E-state index contributed by atoms with van der Waals surface area (Å²) >= 11 is 0. The van der Waals surface area contributed by atoms with Crippen molar-refractivity contribution in [1.82, 2.24) is 9.80 Å². The van der Waals surface area contributed by atoms with Crippen molar-refractivity contribution < 1.29 is 23.8 Å². The first kappa shape index (κ1) is 16.0. The molecule has 0 spiro atoms. The molecule has 0 aliphatic carbocycles. The number of hydrogen-bond acceptors (Lipinski definition) is 6. The lowest BCUT2D eigenvalue weighted by atomic mass is 10.1. The molecule has 7 nitrogen and oxygen atoms in total. The number of furan rings is 1. The number of benzene rings is 1. The number of aliphatic hydroxyl groups excluding tert-OH is 1. The first-order chi connectivity index (χ1) is 12.2. The van der Waals surface area contributed by atoms with Crippen LogP contribution >= 0.6 is 0 Å². The molecule has 0 unspecified atom stereocenters. The summed E-state index contributed by atoms with van der Waals surface area (Å²) in [4.78, 5) is 16.6. The molecule has 1 aromatic heterocycles. The third kappa shape index (κ3) is 3.33. The molecule has 2 aliphatic heterocycles. The molecule has 2 aliphatic rings. The second-order valence-electron chi connectivity index (χ2n) is 6.19. The van der Waals surface area contributed by atoms with E-state index in [1.807, 2.05) is 4.90 Å². The standard InChI is InChI=1S/C18H20N2O5/c21-14(15-2-1-9-23-15)11-19-5-7-20(8-6-19)18(22)13-3-4-16-17(10-13)25-12-24-16/h1-4,9-10,14,21H,5-8,11-12H2/t14-/m1/s1. The molecule has 1 fully saturated rings. The minimum atomic E-state index is -0.647. The number of ether oxygens (including phenoxy) is 2. The fraction of sp³-hybridized carbons (Fsp3) is 0.389. The van der Waals surface area contributed by atoms with Crippen molar-refractivity contribution >= 4 is 5.91 Å². The number of rotatable bonds is 4. The third-order valence-electron chi connectivity index (χ3n) is 4.58. The van der Waals surface area contributed by atoms with E-state index in [0.29, 0.717) is 55.5 Å². The SMILES string of the molecule is O=C(c1ccc2c(c1)OCO2)N1CCN(C[C@@H](O)c2ccco2)CC1. The lowest BCUT2D eigenvalue weighted by molar-refractivity contribution is 0.0486. The number of amides is 1. The fourth-order valence-electron chi connectivity index (χ4n) is 3.16. The van der Waals surface area contributed by atoms with Gasteiger partial charge < -0.3 is 23.9 Å². The number of fused-ring (bicyclic) bond motifs is 1. The number of nitrogens with zero attached hydrogens (tertiary/aromatic N) is 2. The smallest absolute Gasteiger partial charge is 0.254 e. The van der Waals surface area contributed by atoms with Crippen molar-refractivity contribution in [2.75, 3.05) is 39.5 Å². The summed E-state index contributed by atoms with van der Waals surface area (Å²) in [6.07, 6.45) is 0.909. The fourth-order valence-corrected chi connectivity index (χ4v) is 3.16. The van der Waals surface area contributed by atoms with Crippen molar-refractivity contribution in [3.05, 3.63) is 47.9 Å². The molecule has 1 atom stereocenters. The van der Waals surface area contributed by atoms with Gasteiger partial charge in [-0.1, -0.05) is 0 Å². The maximum atomic E-state index is 12.7. The molecule has 1 N–H and O–H groups in total. The summed E-state index contributed by atoms with van der Waals surface area (Å²) in [6.45, 7) is 3.38. The molecule has 0 saturated carbocycles. The number of aliphatic hydroxyl groups is 1. The Morgan fingerprint density at radius 1 is 1.12 bits per heavy atom. The topological polar surface area (TPSA) is 75.4 Å². The number of hydrogen-bond donors (Lipinski definition) is 1. The molecule has 0 bridgehead atoms. The highest BCUT2D eigenvalue weighted by molar-refractivity contribution is 5.95. The molecule has 2 aromatic rings. The van der Waals surface area contributed by atoms with E-state index >= 15 is 0 Å². The predicted octanol–water partition coefficient (Wildman–Crippen LogP) is 1.50. The van der Waals surface area contributed by atoms with Crippen molar-refractivity contribution in [2.24, 2.45) is 0 Å². The van der Waals surface area contributed by atoms with Crippen molar-refractivity contribution in [3.8, 4) is 11.5 Å². The lowest BCUT2D eigenvalue weighted by Crippen LogP contribution is -2.49. The van der Waals surface area contributed by atoms with Crippen LogP contribution in [0.5, 0.6) is 11.5 Å². The summed E-state index contributed by atoms with van der Waals surface area (Å²) in [5.74, 6) is 1.85. The van der Waals surface area contributed by atoms with Crippen LogP contribution in [0.1, 0.15) is 22.2 Å². The number of β-amino-alcohol motifs (C(OH)–C–C–N with tert-alkyl or cyclic N) is 1. The Kier molecular flexibility index (Phi) is 4.33. The van der Waals surface area contributed by atoms with Crippen LogP contribution in [-0.2, 0) is 0 Å². The average molecular weight is 344 g/mol. The van der Waals surface area contributed by atoms with Gasteiger partial charge in [0.2, 0.25) is 6.79 Å². The summed E-state index contributed by atoms with van der Waals surface area (Å²) in [6, 6.07) is 8.80. The van der Waals surface area contributed by atoms with E-state index in [4.69, 9.17) is 13.9 Å². The number of piperazine rings is 1. The molecule has 4 rings (SSSR count). The van der Waals surface area contributed by atoms with Gasteiger partial charge in [0.1, 0.15) is 11.9 Å². The summed E-state index contributed by atoms with van der Waals surface area (Å²) in [7, 11) is 0. The first-order valence-electron chi connectivity index (χ1n) is 8.33. The van der Waals surface area contributed by atoms with Crippen LogP contribution in [0.4, 0.5) is 0 Å². The molecule has 3 heterocycles. The average Bonchev–Trinajstić information content (AvgIpc) is 3.32. The van der Waals surface area contributed by atoms with Crippen LogP contribution in [0.2, 0.25) is 0 Å². The van der Waals surface area contributed by atoms with E-state index in [-0.39, 0.29) is 12.7 Å². The molecule has 0 radical (unpaired) electrons. The van der Waals surface area contributed by atoms with Gasteiger partial charge in [-0.3, -0.25) is 9.69 Å². The van der Waals surface area contributed by atoms with Gasteiger partial charge in [0.05, 0.1) is 6.26 Å². The molecule has 132 valence electrons. The zero-order chi connectivity index (χ0) is 17.2. The van der Waals surface area contributed by atoms with Crippen molar-refractivity contribution in [1.29, 1.82) is 0 Å². The maximum absolute atomic E-state index is 12.7. The van der Waals surface area contributed by atoms with Gasteiger partial charge in [-0.25, -0.2) is 0 Å². The van der Waals surface area contributed by atoms with Crippen molar-refractivity contribution in [3.63, 3.8) is 0 Å². The normalized spacial score (nSPS) is 18.4. The quantitative estimate of drug-likeness (QED) is 0.906. The van der Waals surface area contributed by atoms with Gasteiger partial charge in [-0.15, -0.1) is 0 Å². The molecular formula is C18H20N2O5. The van der Waals surface area contributed by atoms with E-state index in [2.05, 4.69) is 4.90 Å². The van der Waals surface area contributed by atoms with Crippen LogP contribution < -0.4 is 9.47 Å². The van der Waals surface area contributed by atoms with Crippen LogP contribution in [0.25, 0.3) is 0 Å². The molecule has 1 amide bonds. The van der Waals surface area contributed by atoms with E-state index < -0.39 is 6.10 Å².